The fourth-order valence-corrected chi connectivity index (χ4v) is 1.24. The van der Waals surface area contributed by atoms with Gasteiger partial charge in [0.1, 0.15) is 0 Å². The number of hydrogen-bond donors (Lipinski definition) is 2. The summed E-state index contributed by atoms with van der Waals surface area (Å²) < 4.78 is 0. The van der Waals surface area contributed by atoms with Gasteiger partial charge < -0.3 is 10.6 Å². The molecule has 0 aliphatic heterocycles. The van der Waals surface area contributed by atoms with E-state index in [1.54, 1.807) is 0 Å². The molecule has 0 spiro atoms. The first-order valence-corrected chi connectivity index (χ1v) is 6.16. The number of carbonyl (C=O) groups excluding carboxylic acids is 1. The number of amides is 1. The molecule has 0 aliphatic carbocycles. The summed E-state index contributed by atoms with van der Waals surface area (Å²) >= 11 is 0. The van der Waals surface area contributed by atoms with E-state index in [-0.39, 0.29) is 11.4 Å². The summed E-state index contributed by atoms with van der Waals surface area (Å²) in [4.78, 5) is 20.1. The maximum atomic E-state index is 11.8. The van der Waals surface area contributed by atoms with Gasteiger partial charge in [0.15, 0.2) is 0 Å². The largest absolute Gasteiger partial charge is 0.354 e. The molecule has 0 radical (unpaired) electrons. The van der Waals surface area contributed by atoms with Crippen molar-refractivity contribution in [3.8, 4) is 0 Å². The van der Waals surface area contributed by atoms with E-state index in [1.807, 2.05) is 20.8 Å². The van der Waals surface area contributed by atoms with E-state index in [0.717, 1.165) is 6.54 Å². The fourth-order valence-electron chi connectivity index (χ4n) is 1.24. The zero-order valence-electron chi connectivity index (χ0n) is 11.7. The first kappa shape index (κ1) is 14.4. The molecule has 0 atom stereocenters. The Morgan fingerprint density at radius 3 is 2.28 bits per heavy atom. The summed E-state index contributed by atoms with van der Waals surface area (Å²) in [5, 5.41) is 5.97. The average molecular weight is 250 g/mol. The standard InChI is InChI=1S/C13H22N4O/c1-9(2)6-14-12-15-7-10(8-16-12)11(18)17-13(3,4)5/h7-9H,6H2,1-5H3,(H,17,18)(H,14,15,16). The fraction of sp³-hybridized carbons (Fsp3) is 0.615. The summed E-state index contributed by atoms with van der Waals surface area (Å²) in [7, 11) is 0. The van der Waals surface area contributed by atoms with Gasteiger partial charge in [-0.2, -0.15) is 0 Å². The lowest BCUT2D eigenvalue weighted by Gasteiger charge is -2.20. The van der Waals surface area contributed by atoms with Gasteiger partial charge in [0.05, 0.1) is 5.56 Å². The van der Waals surface area contributed by atoms with Gasteiger partial charge in [-0.3, -0.25) is 4.79 Å². The normalized spacial score (nSPS) is 11.4. The first-order valence-electron chi connectivity index (χ1n) is 6.16. The zero-order valence-corrected chi connectivity index (χ0v) is 11.7. The van der Waals surface area contributed by atoms with Crippen molar-refractivity contribution in [2.75, 3.05) is 11.9 Å². The highest BCUT2D eigenvalue weighted by Gasteiger charge is 2.15. The minimum atomic E-state index is -0.258. The van der Waals surface area contributed by atoms with Crippen LogP contribution in [0.25, 0.3) is 0 Å². The molecule has 5 nitrogen and oxygen atoms in total. The second-order valence-corrected chi connectivity index (χ2v) is 5.77. The topological polar surface area (TPSA) is 66.9 Å². The van der Waals surface area contributed by atoms with Gasteiger partial charge >= 0.3 is 0 Å². The molecule has 0 unspecified atom stereocenters. The molecule has 1 heterocycles. The molecule has 2 N–H and O–H groups in total. The molecule has 5 heteroatoms. The molecule has 1 aromatic rings. The van der Waals surface area contributed by atoms with Gasteiger partial charge in [0, 0.05) is 24.5 Å². The van der Waals surface area contributed by atoms with Crippen LogP contribution in [0, 0.1) is 5.92 Å². The highest BCUT2D eigenvalue weighted by molar-refractivity contribution is 5.94. The van der Waals surface area contributed by atoms with Gasteiger partial charge in [-0.15, -0.1) is 0 Å². The molecule has 1 rings (SSSR count). The van der Waals surface area contributed by atoms with Gasteiger partial charge in [-0.05, 0) is 26.7 Å². The van der Waals surface area contributed by atoms with Crippen molar-refractivity contribution in [3.05, 3.63) is 18.0 Å². The minimum Gasteiger partial charge on any atom is -0.354 e. The van der Waals surface area contributed by atoms with Crippen LogP contribution in [-0.4, -0.2) is 28.0 Å². The maximum absolute atomic E-state index is 11.8. The number of nitrogens with zero attached hydrogens (tertiary/aromatic N) is 2. The van der Waals surface area contributed by atoms with Crippen molar-refractivity contribution in [1.82, 2.24) is 15.3 Å². The van der Waals surface area contributed by atoms with Crippen LogP contribution >= 0.6 is 0 Å². The highest BCUT2D eigenvalue weighted by Crippen LogP contribution is 2.05. The minimum absolute atomic E-state index is 0.155. The predicted molar refractivity (Wildman–Crippen MR) is 72.6 cm³/mol. The lowest BCUT2D eigenvalue weighted by Crippen LogP contribution is -2.40. The van der Waals surface area contributed by atoms with Gasteiger partial charge in [0.2, 0.25) is 5.95 Å². The smallest absolute Gasteiger partial charge is 0.254 e. The van der Waals surface area contributed by atoms with E-state index in [0.29, 0.717) is 17.4 Å². The van der Waals surface area contributed by atoms with E-state index in [9.17, 15) is 4.79 Å². The Hall–Kier alpha value is -1.65. The average Bonchev–Trinajstić information content (AvgIpc) is 2.24. The summed E-state index contributed by atoms with van der Waals surface area (Å²) in [6, 6.07) is 0. The number of nitrogens with one attached hydrogen (secondary N) is 2. The molecule has 18 heavy (non-hydrogen) atoms. The molecule has 0 aliphatic rings. The zero-order chi connectivity index (χ0) is 13.8. The SMILES string of the molecule is CC(C)CNc1ncc(C(=O)NC(C)(C)C)cn1. The predicted octanol–water partition coefficient (Wildman–Crippen LogP) is 2.07. The van der Waals surface area contributed by atoms with E-state index < -0.39 is 0 Å². The second-order valence-electron chi connectivity index (χ2n) is 5.77. The molecular weight excluding hydrogens is 228 g/mol. The Balaban J connectivity index is 2.62. The number of carbonyl (C=O) groups is 1. The summed E-state index contributed by atoms with van der Waals surface area (Å²) in [6.07, 6.45) is 3.08. The molecule has 1 amide bonds. The van der Waals surface area contributed by atoms with Crippen LogP contribution < -0.4 is 10.6 Å². The van der Waals surface area contributed by atoms with Crippen LogP contribution in [0.1, 0.15) is 45.0 Å². The van der Waals surface area contributed by atoms with Crippen LogP contribution in [0.2, 0.25) is 0 Å². The Bertz CT molecular complexity index is 392. The molecule has 1 aromatic heterocycles. The number of hydrogen-bond acceptors (Lipinski definition) is 4. The van der Waals surface area contributed by atoms with Crippen molar-refractivity contribution in [2.24, 2.45) is 5.92 Å². The van der Waals surface area contributed by atoms with Crippen molar-refractivity contribution < 1.29 is 4.79 Å². The molecule has 0 aromatic carbocycles. The van der Waals surface area contributed by atoms with E-state index in [4.69, 9.17) is 0 Å². The second kappa shape index (κ2) is 5.80. The van der Waals surface area contributed by atoms with Crippen molar-refractivity contribution in [2.45, 2.75) is 40.2 Å². The van der Waals surface area contributed by atoms with E-state index in [2.05, 4.69) is 34.4 Å². The van der Waals surface area contributed by atoms with E-state index in [1.165, 1.54) is 12.4 Å². The van der Waals surface area contributed by atoms with Crippen LogP contribution in [0.3, 0.4) is 0 Å². The van der Waals surface area contributed by atoms with Crippen molar-refractivity contribution >= 4 is 11.9 Å². The van der Waals surface area contributed by atoms with Gasteiger partial charge in [-0.25, -0.2) is 9.97 Å². The Morgan fingerprint density at radius 1 is 1.28 bits per heavy atom. The van der Waals surface area contributed by atoms with Crippen molar-refractivity contribution in [3.63, 3.8) is 0 Å². The Kier molecular flexibility index (Phi) is 4.64. The monoisotopic (exact) mass is 250 g/mol. The van der Waals surface area contributed by atoms with Gasteiger partial charge in [-0.1, -0.05) is 13.8 Å². The molecule has 100 valence electrons. The Labute approximate surface area is 108 Å². The highest BCUT2D eigenvalue weighted by atomic mass is 16.1. The Morgan fingerprint density at radius 2 is 1.83 bits per heavy atom. The van der Waals surface area contributed by atoms with Crippen LogP contribution in [0.15, 0.2) is 12.4 Å². The molecular formula is C13H22N4O. The third kappa shape index (κ3) is 5.12. The third-order valence-electron chi connectivity index (χ3n) is 2.07. The third-order valence-corrected chi connectivity index (χ3v) is 2.07. The lowest BCUT2D eigenvalue weighted by molar-refractivity contribution is 0.0919. The molecule has 0 fully saturated rings. The number of aromatic nitrogens is 2. The first-order chi connectivity index (χ1) is 8.28. The summed E-state index contributed by atoms with van der Waals surface area (Å²) in [6.45, 7) is 10.8. The summed E-state index contributed by atoms with van der Waals surface area (Å²) in [5.41, 5.74) is 0.214. The number of anilines is 1. The molecule has 0 bridgehead atoms. The van der Waals surface area contributed by atoms with Crippen LogP contribution in [0.4, 0.5) is 5.95 Å². The summed E-state index contributed by atoms with van der Waals surface area (Å²) in [5.74, 6) is 0.923. The van der Waals surface area contributed by atoms with E-state index >= 15 is 0 Å². The molecule has 0 saturated carbocycles. The maximum Gasteiger partial charge on any atom is 0.254 e. The van der Waals surface area contributed by atoms with Crippen LogP contribution in [-0.2, 0) is 0 Å². The van der Waals surface area contributed by atoms with Gasteiger partial charge in [0.25, 0.3) is 5.91 Å². The quantitative estimate of drug-likeness (QED) is 0.858. The van der Waals surface area contributed by atoms with Crippen LogP contribution in [0.5, 0.6) is 0 Å². The number of rotatable bonds is 4. The molecule has 0 saturated heterocycles. The van der Waals surface area contributed by atoms with Crippen molar-refractivity contribution in [1.29, 1.82) is 0 Å². The lowest BCUT2D eigenvalue weighted by atomic mass is 10.1.